The lowest BCUT2D eigenvalue weighted by Gasteiger charge is -2.23. The van der Waals surface area contributed by atoms with Crippen molar-refractivity contribution in [2.45, 2.75) is 34.1 Å². The van der Waals surface area contributed by atoms with Crippen molar-refractivity contribution in [3.8, 4) is 0 Å². The fourth-order valence-corrected chi connectivity index (χ4v) is 1.45. The van der Waals surface area contributed by atoms with Crippen molar-refractivity contribution in [2.75, 3.05) is 6.07 Å². The second kappa shape index (κ2) is 4.70. The number of esters is 1. The first-order chi connectivity index (χ1) is 5.40. The van der Waals surface area contributed by atoms with Crippen molar-refractivity contribution in [2.24, 2.45) is 11.3 Å². The summed E-state index contributed by atoms with van der Waals surface area (Å²) in [6, 6.07) is -0.0552. The minimum atomic E-state index is -0.414. The van der Waals surface area contributed by atoms with Crippen molar-refractivity contribution in [3.63, 3.8) is 0 Å². The Morgan fingerprint density at radius 3 is 2.33 bits per heavy atom. The van der Waals surface area contributed by atoms with E-state index in [2.05, 4.69) is 13.8 Å². The third-order valence-electron chi connectivity index (χ3n) is 1.66. The van der Waals surface area contributed by atoms with Crippen LogP contribution >= 0.6 is 11.6 Å². The van der Waals surface area contributed by atoms with E-state index in [1.165, 1.54) is 0 Å². The molecule has 72 valence electrons. The molecule has 0 fully saturated rings. The summed E-state index contributed by atoms with van der Waals surface area (Å²) in [5.74, 6) is 0.272. The van der Waals surface area contributed by atoms with E-state index in [0.29, 0.717) is 5.92 Å². The van der Waals surface area contributed by atoms with Gasteiger partial charge in [0.1, 0.15) is 0 Å². The smallest absolute Gasteiger partial charge is 0.312 e. The number of carbonyl (C=O) groups is 1. The van der Waals surface area contributed by atoms with Gasteiger partial charge in [-0.3, -0.25) is 4.79 Å². The predicted octanol–water partition coefficient (Wildman–Crippen LogP) is 2.80. The highest BCUT2D eigenvalue weighted by atomic mass is 35.5. The first-order valence-electron chi connectivity index (χ1n) is 4.13. The molecular weight excluding hydrogens is 176 g/mol. The van der Waals surface area contributed by atoms with Crippen LogP contribution in [0.5, 0.6) is 0 Å². The molecule has 0 saturated carbocycles. The molecule has 0 atom stereocenters. The van der Waals surface area contributed by atoms with Crippen LogP contribution in [0.1, 0.15) is 34.1 Å². The SMILES string of the molecule is CC(C)CC(C)(C)C(=O)OCCl. The van der Waals surface area contributed by atoms with E-state index in [1.807, 2.05) is 13.8 Å². The second-order valence-electron chi connectivity index (χ2n) is 4.02. The molecule has 0 aliphatic heterocycles. The molecule has 0 rings (SSSR count). The number of hydrogen-bond donors (Lipinski definition) is 0. The Balaban J connectivity index is 4.09. The van der Waals surface area contributed by atoms with Crippen LogP contribution in [0.2, 0.25) is 0 Å². The molecule has 0 N–H and O–H groups in total. The molecule has 0 unspecified atom stereocenters. The van der Waals surface area contributed by atoms with Gasteiger partial charge in [0.25, 0.3) is 0 Å². The molecule has 0 heterocycles. The van der Waals surface area contributed by atoms with E-state index >= 15 is 0 Å². The summed E-state index contributed by atoms with van der Waals surface area (Å²) >= 11 is 5.30. The Morgan fingerprint density at radius 1 is 1.50 bits per heavy atom. The molecule has 0 amide bonds. The van der Waals surface area contributed by atoms with Crippen LogP contribution in [0, 0.1) is 11.3 Å². The van der Waals surface area contributed by atoms with Crippen LogP contribution in [-0.2, 0) is 9.53 Å². The minimum absolute atomic E-state index is 0.0552. The van der Waals surface area contributed by atoms with Gasteiger partial charge in [0.15, 0.2) is 6.07 Å². The van der Waals surface area contributed by atoms with Gasteiger partial charge in [0.2, 0.25) is 0 Å². The van der Waals surface area contributed by atoms with E-state index in [9.17, 15) is 4.79 Å². The maximum absolute atomic E-state index is 11.3. The lowest BCUT2D eigenvalue weighted by molar-refractivity contribution is -0.152. The predicted molar refractivity (Wildman–Crippen MR) is 50.0 cm³/mol. The Morgan fingerprint density at radius 2 is 2.00 bits per heavy atom. The molecule has 0 aliphatic carbocycles. The third-order valence-corrected chi connectivity index (χ3v) is 1.77. The minimum Gasteiger partial charge on any atom is -0.449 e. The van der Waals surface area contributed by atoms with Gasteiger partial charge in [-0.25, -0.2) is 0 Å². The van der Waals surface area contributed by atoms with Gasteiger partial charge < -0.3 is 4.74 Å². The summed E-state index contributed by atoms with van der Waals surface area (Å²) in [6.07, 6.45) is 0.822. The van der Waals surface area contributed by atoms with Gasteiger partial charge in [-0.15, -0.1) is 0 Å². The number of hydrogen-bond acceptors (Lipinski definition) is 2. The van der Waals surface area contributed by atoms with Crippen molar-refractivity contribution in [1.82, 2.24) is 0 Å². The first-order valence-corrected chi connectivity index (χ1v) is 4.67. The Hall–Kier alpha value is -0.240. The van der Waals surface area contributed by atoms with Crippen LogP contribution in [0.3, 0.4) is 0 Å². The van der Waals surface area contributed by atoms with Crippen LogP contribution < -0.4 is 0 Å². The maximum atomic E-state index is 11.3. The van der Waals surface area contributed by atoms with Gasteiger partial charge in [0.05, 0.1) is 5.41 Å². The van der Waals surface area contributed by atoms with Gasteiger partial charge in [-0.1, -0.05) is 25.4 Å². The molecule has 0 aromatic heterocycles. The molecule has 2 nitrogen and oxygen atoms in total. The van der Waals surface area contributed by atoms with Crippen LogP contribution in [0.25, 0.3) is 0 Å². The number of alkyl halides is 1. The number of rotatable bonds is 4. The first kappa shape index (κ1) is 11.8. The van der Waals surface area contributed by atoms with E-state index in [-0.39, 0.29) is 12.0 Å². The van der Waals surface area contributed by atoms with Gasteiger partial charge in [0, 0.05) is 0 Å². The van der Waals surface area contributed by atoms with Crippen LogP contribution in [0.15, 0.2) is 0 Å². The summed E-state index contributed by atoms with van der Waals surface area (Å²) in [7, 11) is 0. The largest absolute Gasteiger partial charge is 0.449 e. The average molecular weight is 193 g/mol. The van der Waals surface area contributed by atoms with Gasteiger partial charge >= 0.3 is 5.97 Å². The molecule has 0 aromatic carbocycles. The highest BCUT2D eigenvalue weighted by Crippen LogP contribution is 2.26. The maximum Gasteiger partial charge on any atom is 0.312 e. The number of ether oxygens (including phenoxy) is 1. The van der Waals surface area contributed by atoms with Crippen molar-refractivity contribution in [3.05, 3.63) is 0 Å². The second-order valence-corrected chi connectivity index (χ2v) is 4.24. The molecular formula is C9H17ClO2. The topological polar surface area (TPSA) is 26.3 Å². The molecule has 0 aliphatic rings. The summed E-state index contributed by atoms with van der Waals surface area (Å²) in [6.45, 7) is 7.91. The summed E-state index contributed by atoms with van der Waals surface area (Å²) in [5.41, 5.74) is -0.414. The lowest BCUT2D eigenvalue weighted by atomic mass is 9.84. The molecule has 0 saturated heterocycles. The summed E-state index contributed by atoms with van der Waals surface area (Å²) in [5, 5.41) is 0. The Bertz CT molecular complexity index is 153. The zero-order chi connectivity index (χ0) is 9.78. The van der Waals surface area contributed by atoms with Gasteiger partial charge in [-0.05, 0) is 26.2 Å². The summed E-state index contributed by atoms with van der Waals surface area (Å²) < 4.78 is 4.73. The highest BCUT2D eigenvalue weighted by Gasteiger charge is 2.29. The molecule has 0 bridgehead atoms. The van der Waals surface area contributed by atoms with Crippen molar-refractivity contribution in [1.29, 1.82) is 0 Å². The molecule has 3 heteroatoms. The molecule has 0 spiro atoms. The normalized spacial score (nSPS) is 11.8. The van der Waals surface area contributed by atoms with Crippen molar-refractivity contribution >= 4 is 17.6 Å². The van der Waals surface area contributed by atoms with Crippen LogP contribution in [-0.4, -0.2) is 12.0 Å². The monoisotopic (exact) mass is 192 g/mol. The standard InChI is InChI=1S/C9H17ClO2/c1-7(2)5-9(3,4)8(11)12-6-10/h7H,5-6H2,1-4H3. The number of carbonyl (C=O) groups excluding carboxylic acids is 1. The molecule has 0 radical (unpaired) electrons. The average Bonchev–Trinajstić information content (AvgIpc) is 1.85. The highest BCUT2D eigenvalue weighted by molar-refractivity contribution is 6.17. The fraction of sp³-hybridized carbons (Fsp3) is 0.889. The van der Waals surface area contributed by atoms with E-state index in [4.69, 9.17) is 16.3 Å². The van der Waals surface area contributed by atoms with E-state index < -0.39 is 5.41 Å². The lowest BCUT2D eigenvalue weighted by Crippen LogP contribution is -2.27. The third kappa shape index (κ3) is 3.96. The molecule has 12 heavy (non-hydrogen) atoms. The van der Waals surface area contributed by atoms with Crippen molar-refractivity contribution < 1.29 is 9.53 Å². The van der Waals surface area contributed by atoms with E-state index in [1.54, 1.807) is 0 Å². The van der Waals surface area contributed by atoms with E-state index in [0.717, 1.165) is 6.42 Å². The quantitative estimate of drug-likeness (QED) is 0.506. The van der Waals surface area contributed by atoms with Gasteiger partial charge in [-0.2, -0.15) is 0 Å². The zero-order valence-corrected chi connectivity index (χ0v) is 8.94. The zero-order valence-electron chi connectivity index (χ0n) is 8.19. The number of halogens is 1. The fourth-order valence-electron chi connectivity index (χ4n) is 1.35. The molecule has 0 aromatic rings. The Kier molecular flexibility index (Phi) is 4.61. The summed E-state index contributed by atoms with van der Waals surface area (Å²) in [4.78, 5) is 11.3. The van der Waals surface area contributed by atoms with Crippen LogP contribution in [0.4, 0.5) is 0 Å². The Labute approximate surface area is 79.2 Å².